The summed E-state index contributed by atoms with van der Waals surface area (Å²) in [7, 11) is 0. The minimum atomic E-state index is -0.0442. The van der Waals surface area contributed by atoms with Crippen LogP contribution in [0.5, 0.6) is 0 Å². The van der Waals surface area contributed by atoms with E-state index in [0.717, 1.165) is 11.4 Å². The normalized spacial score (nSPS) is 10.6. The van der Waals surface area contributed by atoms with Gasteiger partial charge in [-0.3, -0.25) is 0 Å². The molecule has 0 radical (unpaired) electrons. The van der Waals surface area contributed by atoms with Crippen molar-refractivity contribution in [3.63, 3.8) is 0 Å². The largest absolute Gasteiger partial charge is 0.392 e. The topological polar surface area (TPSA) is 63.8 Å². The number of aromatic nitrogens is 4. The van der Waals surface area contributed by atoms with E-state index in [9.17, 15) is 0 Å². The zero-order chi connectivity index (χ0) is 10.8. The lowest BCUT2D eigenvalue weighted by Crippen LogP contribution is -2.05. The van der Waals surface area contributed by atoms with Crippen molar-refractivity contribution < 1.29 is 5.11 Å². The van der Waals surface area contributed by atoms with Gasteiger partial charge in [-0.1, -0.05) is 0 Å². The number of nitrogens with zero attached hydrogens (tertiary/aromatic N) is 4. The Hall–Kier alpha value is -1.75. The Morgan fingerprint density at radius 2 is 1.93 bits per heavy atom. The van der Waals surface area contributed by atoms with E-state index in [1.165, 1.54) is 0 Å². The summed E-state index contributed by atoms with van der Waals surface area (Å²) in [5, 5.41) is 13.1. The van der Waals surface area contributed by atoms with Crippen molar-refractivity contribution in [2.45, 2.75) is 20.5 Å². The molecule has 2 aromatic heterocycles. The SMILES string of the molecule is Cc1cc(C)n(-c2ncc(CO)cn2)n1. The van der Waals surface area contributed by atoms with Crippen LogP contribution in [0.1, 0.15) is 17.0 Å². The van der Waals surface area contributed by atoms with Crippen LogP contribution in [0.2, 0.25) is 0 Å². The van der Waals surface area contributed by atoms with E-state index in [2.05, 4.69) is 15.1 Å². The predicted molar refractivity (Wildman–Crippen MR) is 54.6 cm³/mol. The summed E-state index contributed by atoms with van der Waals surface area (Å²) in [6.45, 7) is 3.83. The van der Waals surface area contributed by atoms with Gasteiger partial charge in [0.25, 0.3) is 5.95 Å². The minimum Gasteiger partial charge on any atom is -0.392 e. The van der Waals surface area contributed by atoms with Crippen molar-refractivity contribution in [1.29, 1.82) is 0 Å². The number of hydrogen-bond donors (Lipinski definition) is 1. The van der Waals surface area contributed by atoms with Crippen LogP contribution in [0, 0.1) is 13.8 Å². The third-order valence-electron chi connectivity index (χ3n) is 2.07. The second-order valence-corrected chi connectivity index (χ2v) is 3.39. The summed E-state index contributed by atoms with van der Waals surface area (Å²) in [5.74, 6) is 0.526. The second kappa shape index (κ2) is 3.78. The van der Waals surface area contributed by atoms with E-state index in [1.807, 2.05) is 19.9 Å². The third kappa shape index (κ3) is 1.87. The monoisotopic (exact) mass is 204 g/mol. The molecule has 0 fully saturated rings. The molecule has 0 aromatic carbocycles. The minimum absolute atomic E-state index is 0.0442. The summed E-state index contributed by atoms with van der Waals surface area (Å²) < 4.78 is 1.68. The summed E-state index contributed by atoms with van der Waals surface area (Å²) in [6, 6.07) is 1.96. The van der Waals surface area contributed by atoms with E-state index < -0.39 is 0 Å². The number of hydrogen-bond acceptors (Lipinski definition) is 4. The fourth-order valence-corrected chi connectivity index (χ4v) is 1.37. The molecular formula is C10H12N4O. The summed E-state index contributed by atoms with van der Waals surface area (Å²) in [4.78, 5) is 8.25. The fourth-order valence-electron chi connectivity index (χ4n) is 1.37. The zero-order valence-electron chi connectivity index (χ0n) is 8.68. The third-order valence-corrected chi connectivity index (χ3v) is 2.07. The molecule has 0 spiro atoms. The van der Waals surface area contributed by atoms with Crippen LogP contribution in [-0.2, 0) is 6.61 Å². The number of aliphatic hydroxyl groups is 1. The van der Waals surface area contributed by atoms with Crippen molar-refractivity contribution in [2.24, 2.45) is 0 Å². The average molecular weight is 204 g/mol. The van der Waals surface area contributed by atoms with Crippen LogP contribution in [0.15, 0.2) is 18.5 Å². The second-order valence-electron chi connectivity index (χ2n) is 3.39. The number of rotatable bonds is 2. The Balaban J connectivity index is 2.41. The molecule has 5 nitrogen and oxygen atoms in total. The summed E-state index contributed by atoms with van der Waals surface area (Å²) >= 11 is 0. The molecule has 0 saturated heterocycles. The van der Waals surface area contributed by atoms with Crippen LogP contribution in [0.3, 0.4) is 0 Å². The van der Waals surface area contributed by atoms with Gasteiger partial charge >= 0.3 is 0 Å². The standard InChI is InChI=1S/C10H12N4O/c1-7-3-8(2)14(13-7)10-11-4-9(6-15)5-12-10/h3-5,15H,6H2,1-2H3. The van der Waals surface area contributed by atoms with Gasteiger partial charge in [0.15, 0.2) is 0 Å². The molecule has 2 heterocycles. The molecule has 2 rings (SSSR count). The molecule has 78 valence electrons. The maximum atomic E-state index is 8.86. The molecule has 1 N–H and O–H groups in total. The smallest absolute Gasteiger partial charge is 0.250 e. The Morgan fingerprint density at radius 3 is 2.40 bits per heavy atom. The van der Waals surface area contributed by atoms with Gasteiger partial charge in [0.05, 0.1) is 12.3 Å². The molecule has 2 aromatic rings. The number of aliphatic hydroxyl groups excluding tert-OH is 1. The Labute approximate surface area is 87.4 Å². The maximum Gasteiger partial charge on any atom is 0.250 e. The van der Waals surface area contributed by atoms with Gasteiger partial charge in [0.1, 0.15) is 0 Å². The van der Waals surface area contributed by atoms with Gasteiger partial charge in [0.2, 0.25) is 0 Å². The van der Waals surface area contributed by atoms with Gasteiger partial charge in [-0.05, 0) is 19.9 Å². The first-order valence-corrected chi connectivity index (χ1v) is 4.66. The van der Waals surface area contributed by atoms with Crippen LogP contribution in [0.4, 0.5) is 0 Å². The fraction of sp³-hybridized carbons (Fsp3) is 0.300. The Bertz CT molecular complexity index is 461. The van der Waals surface area contributed by atoms with Gasteiger partial charge in [0, 0.05) is 23.7 Å². The van der Waals surface area contributed by atoms with E-state index in [1.54, 1.807) is 17.1 Å². The van der Waals surface area contributed by atoms with Crippen molar-refractivity contribution in [1.82, 2.24) is 19.7 Å². The Kier molecular flexibility index (Phi) is 2.47. The molecule has 0 unspecified atom stereocenters. The van der Waals surface area contributed by atoms with Crippen molar-refractivity contribution in [3.05, 3.63) is 35.4 Å². The van der Waals surface area contributed by atoms with E-state index in [4.69, 9.17) is 5.11 Å². The summed E-state index contributed by atoms with van der Waals surface area (Å²) in [6.07, 6.45) is 3.19. The molecular weight excluding hydrogens is 192 g/mol. The van der Waals surface area contributed by atoms with Gasteiger partial charge in [-0.2, -0.15) is 5.10 Å². The van der Waals surface area contributed by atoms with Crippen molar-refractivity contribution >= 4 is 0 Å². The van der Waals surface area contributed by atoms with Gasteiger partial charge in [-0.15, -0.1) is 0 Å². The molecule has 15 heavy (non-hydrogen) atoms. The first-order chi connectivity index (χ1) is 7.20. The molecule has 0 bridgehead atoms. The highest BCUT2D eigenvalue weighted by molar-refractivity contribution is 5.19. The maximum absolute atomic E-state index is 8.86. The molecule has 0 atom stereocenters. The van der Waals surface area contributed by atoms with E-state index in [-0.39, 0.29) is 6.61 Å². The van der Waals surface area contributed by atoms with Crippen LogP contribution in [0.25, 0.3) is 5.95 Å². The lowest BCUT2D eigenvalue weighted by Gasteiger charge is -2.02. The van der Waals surface area contributed by atoms with E-state index >= 15 is 0 Å². The predicted octanol–water partition coefficient (Wildman–Crippen LogP) is 0.771. The van der Waals surface area contributed by atoms with Crippen LogP contribution < -0.4 is 0 Å². The number of aryl methyl sites for hydroxylation is 2. The molecule has 5 heteroatoms. The highest BCUT2D eigenvalue weighted by Gasteiger charge is 2.05. The van der Waals surface area contributed by atoms with Crippen molar-refractivity contribution in [3.8, 4) is 5.95 Å². The quantitative estimate of drug-likeness (QED) is 0.784. The van der Waals surface area contributed by atoms with Gasteiger partial charge < -0.3 is 5.11 Å². The molecule has 0 aliphatic carbocycles. The average Bonchev–Trinajstić information content (AvgIpc) is 2.58. The van der Waals surface area contributed by atoms with Crippen molar-refractivity contribution in [2.75, 3.05) is 0 Å². The van der Waals surface area contributed by atoms with E-state index in [0.29, 0.717) is 11.5 Å². The highest BCUT2D eigenvalue weighted by atomic mass is 16.3. The lowest BCUT2D eigenvalue weighted by atomic mass is 10.4. The Morgan fingerprint density at radius 1 is 1.27 bits per heavy atom. The molecule has 0 aliphatic heterocycles. The first-order valence-electron chi connectivity index (χ1n) is 4.66. The molecule has 0 saturated carbocycles. The molecule has 0 amide bonds. The zero-order valence-corrected chi connectivity index (χ0v) is 8.68. The van der Waals surface area contributed by atoms with Crippen LogP contribution >= 0.6 is 0 Å². The van der Waals surface area contributed by atoms with Crippen LogP contribution in [-0.4, -0.2) is 24.9 Å². The van der Waals surface area contributed by atoms with Gasteiger partial charge in [-0.25, -0.2) is 14.6 Å². The highest BCUT2D eigenvalue weighted by Crippen LogP contribution is 2.07. The first kappa shape index (κ1) is 9.79. The molecule has 0 aliphatic rings. The lowest BCUT2D eigenvalue weighted by molar-refractivity contribution is 0.281. The summed E-state index contributed by atoms with van der Waals surface area (Å²) in [5.41, 5.74) is 2.62.